The van der Waals surface area contributed by atoms with Crippen molar-refractivity contribution in [1.29, 1.82) is 0 Å². The average molecular weight is 428 g/mol. The summed E-state index contributed by atoms with van der Waals surface area (Å²) >= 11 is 0. The Morgan fingerprint density at radius 2 is 1.61 bits per heavy atom. The first-order chi connectivity index (χ1) is 15.0. The van der Waals surface area contributed by atoms with E-state index >= 15 is 0 Å². The second-order valence-corrected chi connectivity index (χ2v) is 7.91. The highest BCUT2D eigenvalue weighted by Gasteiger charge is 2.38. The number of carbonyl (C=O) groups is 1. The van der Waals surface area contributed by atoms with Crippen molar-refractivity contribution in [3.05, 3.63) is 30.6 Å². The van der Waals surface area contributed by atoms with Crippen LogP contribution in [0.15, 0.2) is 30.6 Å². The van der Waals surface area contributed by atoms with Crippen LogP contribution in [-0.4, -0.2) is 77.4 Å². The van der Waals surface area contributed by atoms with Gasteiger partial charge in [0.05, 0.1) is 12.3 Å². The number of ether oxygens (including phenoxy) is 1. The van der Waals surface area contributed by atoms with Crippen molar-refractivity contribution in [2.24, 2.45) is 5.73 Å². The lowest BCUT2D eigenvalue weighted by Gasteiger charge is -2.38. The zero-order valence-corrected chi connectivity index (χ0v) is 17.8. The second kappa shape index (κ2) is 8.93. The van der Waals surface area contributed by atoms with Crippen molar-refractivity contribution in [1.82, 2.24) is 15.0 Å². The molecule has 31 heavy (non-hydrogen) atoms. The molecule has 2 aromatic rings. The van der Waals surface area contributed by atoms with Crippen LogP contribution < -0.4 is 25.2 Å². The quantitative estimate of drug-likeness (QED) is 0.690. The summed E-state index contributed by atoms with van der Waals surface area (Å²) in [6, 6.07) is 8.11. The molecule has 1 aromatic carbocycles. The van der Waals surface area contributed by atoms with E-state index in [1.165, 1.54) is 6.33 Å². The van der Waals surface area contributed by atoms with Gasteiger partial charge in [-0.05, 0) is 31.9 Å². The number of nitrogens with zero attached hydrogens (tertiary/aromatic N) is 6. The van der Waals surface area contributed by atoms with E-state index in [-0.39, 0.29) is 0 Å². The van der Waals surface area contributed by atoms with Crippen molar-refractivity contribution in [2.75, 3.05) is 60.6 Å². The number of benzene rings is 1. The molecule has 0 bridgehead atoms. The molecule has 4 rings (SSSR count). The summed E-state index contributed by atoms with van der Waals surface area (Å²) in [5.41, 5.74) is 5.92. The van der Waals surface area contributed by atoms with Crippen LogP contribution in [0.25, 0.3) is 0 Å². The molecule has 0 spiro atoms. The Hall–Kier alpha value is -3.14. The Balaban J connectivity index is 1.40. The maximum absolute atomic E-state index is 11.4. The fourth-order valence-corrected chi connectivity index (χ4v) is 4.05. The van der Waals surface area contributed by atoms with Gasteiger partial charge < -0.3 is 30.3 Å². The first kappa shape index (κ1) is 21.1. The largest absolute Gasteiger partial charge is 0.492 e. The molecule has 0 amide bonds. The molecule has 2 aliphatic heterocycles. The van der Waals surface area contributed by atoms with Gasteiger partial charge in [-0.2, -0.15) is 4.98 Å². The zero-order chi connectivity index (χ0) is 21.8. The van der Waals surface area contributed by atoms with Gasteiger partial charge in [0.25, 0.3) is 0 Å². The van der Waals surface area contributed by atoms with Gasteiger partial charge in [-0.3, -0.25) is 4.79 Å². The molecule has 10 heteroatoms. The lowest BCUT2D eigenvalue weighted by molar-refractivity contribution is -0.144. The van der Waals surface area contributed by atoms with Gasteiger partial charge in [-0.25, -0.2) is 9.97 Å². The molecular formula is C21H29N7O3. The predicted molar refractivity (Wildman–Crippen MR) is 118 cm³/mol. The van der Waals surface area contributed by atoms with Crippen LogP contribution in [0.2, 0.25) is 0 Å². The first-order valence-corrected chi connectivity index (χ1v) is 10.7. The Bertz CT molecular complexity index is 909. The monoisotopic (exact) mass is 427 g/mol. The maximum atomic E-state index is 11.4. The number of aliphatic carboxylic acids is 1. The van der Waals surface area contributed by atoms with E-state index in [9.17, 15) is 9.90 Å². The molecular weight excluding hydrogens is 398 g/mol. The third-order valence-electron chi connectivity index (χ3n) is 5.98. The van der Waals surface area contributed by atoms with Gasteiger partial charge >= 0.3 is 5.97 Å². The van der Waals surface area contributed by atoms with Crippen LogP contribution in [0.1, 0.15) is 19.8 Å². The van der Waals surface area contributed by atoms with Crippen LogP contribution in [0.4, 0.5) is 17.6 Å². The minimum absolute atomic E-state index is 0.362. The number of rotatable bonds is 6. The van der Waals surface area contributed by atoms with E-state index in [1.807, 2.05) is 30.0 Å². The number of anilines is 3. The molecule has 3 heterocycles. The van der Waals surface area contributed by atoms with Crippen molar-refractivity contribution in [3.8, 4) is 5.75 Å². The molecule has 1 aromatic heterocycles. The molecule has 0 unspecified atom stereocenters. The maximum Gasteiger partial charge on any atom is 0.323 e. The standard InChI is InChI=1S/C21H29N7O3/c1-2-31-17-6-4-3-5-16(17)26-11-13-28(14-12-26)20-24-15-23-19(25-20)27-9-7-21(22,8-10-27)18(29)30/h3-6,15H,2,7-14,22H2,1H3,(H,29,30). The molecule has 10 nitrogen and oxygen atoms in total. The van der Waals surface area contributed by atoms with E-state index in [0.717, 1.165) is 37.6 Å². The minimum atomic E-state index is -1.17. The zero-order valence-electron chi connectivity index (χ0n) is 17.8. The summed E-state index contributed by atoms with van der Waals surface area (Å²) in [6.07, 6.45) is 2.25. The second-order valence-electron chi connectivity index (χ2n) is 7.91. The number of hydrogen-bond donors (Lipinski definition) is 2. The highest BCUT2D eigenvalue weighted by Crippen LogP contribution is 2.29. The third kappa shape index (κ3) is 4.48. The molecule has 3 N–H and O–H groups in total. The van der Waals surface area contributed by atoms with E-state index in [2.05, 4.69) is 30.8 Å². The molecule has 0 radical (unpaired) electrons. The average Bonchev–Trinajstić information content (AvgIpc) is 2.80. The van der Waals surface area contributed by atoms with Crippen LogP contribution >= 0.6 is 0 Å². The van der Waals surface area contributed by atoms with E-state index < -0.39 is 11.5 Å². The Labute approximate surface area is 181 Å². The Kier molecular flexibility index (Phi) is 6.08. The topological polar surface area (TPSA) is 121 Å². The number of nitrogens with two attached hydrogens (primary N) is 1. The van der Waals surface area contributed by atoms with Crippen molar-refractivity contribution in [2.45, 2.75) is 25.3 Å². The van der Waals surface area contributed by atoms with Crippen molar-refractivity contribution >= 4 is 23.6 Å². The van der Waals surface area contributed by atoms with Gasteiger partial charge in [0.2, 0.25) is 11.9 Å². The number of aromatic nitrogens is 3. The van der Waals surface area contributed by atoms with Gasteiger partial charge in [-0.1, -0.05) is 12.1 Å². The number of piperazine rings is 1. The van der Waals surface area contributed by atoms with Gasteiger partial charge in [0.1, 0.15) is 17.6 Å². The summed E-state index contributed by atoms with van der Waals surface area (Å²) in [4.78, 5) is 31.2. The summed E-state index contributed by atoms with van der Waals surface area (Å²) in [5.74, 6) is 1.17. The lowest BCUT2D eigenvalue weighted by Crippen LogP contribution is -2.56. The minimum Gasteiger partial charge on any atom is -0.492 e. The highest BCUT2D eigenvalue weighted by atomic mass is 16.5. The third-order valence-corrected chi connectivity index (χ3v) is 5.98. The normalized spacial score (nSPS) is 18.7. The van der Waals surface area contributed by atoms with E-state index in [1.54, 1.807) is 0 Å². The summed E-state index contributed by atoms with van der Waals surface area (Å²) in [6.45, 7) is 6.89. The number of para-hydroxylation sites is 2. The van der Waals surface area contributed by atoms with Gasteiger partial charge in [0.15, 0.2) is 0 Å². The molecule has 0 saturated carbocycles. The summed E-state index contributed by atoms with van der Waals surface area (Å²) in [5, 5.41) is 9.32. The predicted octanol–water partition coefficient (Wildman–Crippen LogP) is 0.979. The molecule has 2 aliphatic rings. The number of hydrogen-bond acceptors (Lipinski definition) is 9. The lowest BCUT2D eigenvalue weighted by atomic mass is 9.89. The van der Waals surface area contributed by atoms with E-state index in [0.29, 0.717) is 44.4 Å². The fraction of sp³-hybridized carbons (Fsp3) is 0.524. The smallest absolute Gasteiger partial charge is 0.323 e. The Morgan fingerprint density at radius 3 is 2.23 bits per heavy atom. The van der Waals surface area contributed by atoms with E-state index in [4.69, 9.17) is 10.5 Å². The van der Waals surface area contributed by atoms with Crippen LogP contribution in [0, 0.1) is 0 Å². The van der Waals surface area contributed by atoms with Crippen LogP contribution in [0.5, 0.6) is 5.75 Å². The number of carboxylic acid groups (broad SMARTS) is 1. The van der Waals surface area contributed by atoms with Crippen LogP contribution in [-0.2, 0) is 4.79 Å². The first-order valence-electron chi connectivity index (χ1n) is 10.7. The summed E-state index contributed by atoms with van der Waals surface area (Å²) in [7, 11) is 0. The molecule has 166 valence electrons. The SMILES string of the molecule is CCOc1ccccc1N1CCN(c2ncnc(N3CCC(N)(C(=O)O)CC3)n2)CC1. The van der Waals surface area contributed by atoms with Crippen LogP contribution in [0.3, 0.4) is 0 Å². The van der Waals surface area contributed by atoms with Gasteiger partial charge in [-0.15, -0.1) is 0 Å². The Morgan fingerprint density at radius 1 is 1.03 bits per heavy atom. The molecule has 2 saturated heterocycles. The van der Waals surface area contributed by atoms with Crippen molar-refractivity contribution < 1.29 is 14.6 Å². The molecule has 2 fully saturated rings. The fourth-order valence-electron chi connectivity index (χ4n) is 4.05. The number of carboxylic acids is 1. The number of piperidine rings is 1. The summed E-state index contributed by atoms with van der Waals surface area (Å²) < 4.78 is 5.77. The molecule has 0 aliphatic carbocycles. The molecule has 0 atom stereocenters. The van der Waals surface area contributed by atoms with Gasteiger partial charge in [0, 0.05) is 39.3 Å². The highest BCUT2D eigenvalue weighted by molar-refractivity contribution is 5.78. The van der Waals surface area contributed by atoms with Crippen molar-refractivity contribution in [3.63, 3.8) is 0 Å².